The number of halogens is 2. The third kappa shape index (κ3) is 3.33. The van der Waals surface area contributed by atoms with Gasteiger partial charge in [0.25, 0.3) is 0 Å². The first-order valence-electron chi connectivity index (χ1n) is 6.79. The summed E-state index contributed by atoms with van der Waals surface area (Å²) in [6.45, 7) is 1.81. The maximum absolute atomic E-state index is 12.2. The molecule has 0 saturated heterocycles. The summed E-state index contributed by atoms with van der Waals surface area (Å²) in [5, 5.41) is 3.23. The van der Waals surface area contributed by atoms with E-state index in [9.17, 15) is 9.59 Å². The number of amides is 1. The molecule has 0 bridgehead atoms. The van der Waals surface area contributed by atoms with Crippen LogP contribution in [0.5, 0.6) is 0 Å². The van der Waals surface area contributed by atoms with Crippen molar-refractivity contribution in [2.45, 2.75) is 13.5 Å². The van der Waals surface area contributed by atoms with Crippen molar-refractivity contribution in [2.75, 3.05) is 5.32 Å². The first-order valence-corrected chi connectivity index (χ1v) is 7.96. The number of hydrogen-bond acceptors (Lipinski definition) is 3. The molecular formula is C16H12BrClN2O3. The lowest BCUT2D eigenvalue weighted by Crippen LogP contribution is -2.24. The van der Waals surface area contributed by atoms with Gasteiger partial charge in [-0.15, -0.1) is 0 Å². The van der Waals surface area contributed by atoms with E-state index in [-0.39, 0.29) is 12.5 Å². The van der Waals surface area contributed by atoms with Crippen LogP contribution >= 0.6 is 27.5 Å². The third-order valence-corrected chi connectivity index (χ3v) is 4.22. The van der Waals surface area contributed by atoms with Crippen LogP contribution in [-0.2, 0) is 11.3 Å². The molecule has 7 heteroatoms. The standard InChI is InChI=1S/C16H12BrClN2O3/c1-9-2-4-12(11(17)6-9)19-15(21)8-20-13-5-3-10(18)7-14(13)23-16(20)22/h2-7H,8H2,1H3,(H,19,21). The molecule has 1 amide bonds. The molecule has 0 radical (unpaired) electrons. The maximum Gasteiger partial charge on any atom is 0.420 e. The molecule has 2 aromatic carbocycles. The van der Waals surface area contributed by atoms with Crippen LogP contribution in [0.3, 0.4) is 0 Å². The molecule has 118 valence electrons. The molecule has 0 unspecified atom stereocenters. The average Bonchev–Trinajstić information content (AvgIpc) is 2.77. The normalized spacial score (nSPS) is 10.9. The average molecular weight is 396 g/mol. The van der Waals surface area contributed by atoms with Crippen molar-refractivity contribution in [2.24, 2.45) is 0 Å². The molecule has 1 heterocycles. The van der Waals surface area contributed by atoms with E-state index in [1.54, 1.807) is 24.3 Å². The fraction of sp³-hybridized carbons (Fsp3) is 0.125. The number of carbonyl (C=O) groups excluding carboxylic acids is 1. The molecule has 0 aliphatic rings. The highest BCUT2D eigenvalue weighted by molar-refractivity contribution is 9.10. The number of aryl methyl sites for hydroxylation is 1. The van der Waals surface area contributed by atoms with E-state index in [2.05, 4.69) is 21.2 Å². The third-order valence-electron chi connectivity index (χ3n) is 3.33. The van der Waals surface area contributed by atoms with E-state index in [0.29, 0.717) is 21.8 Å². The van der Waals surface area contributed by atoms with Crippen LogP contribution in [0.4, 0.5) is 5.69 Å². The first kappa shape index (κ1) is 15.8. The number of hydrogen-bond donors (Lipinski definition) is 1. The smallest absolute Gasteiger partial charge is 0.408 e. The Kier molecular flexibility index (Phi) is 4.28. The van der Waals surface area contributed by atoms with Crippen LogP contribution in [0.2, 0.25) is 5.02 Å². The minimum atomic E-state index is -0.597. The van der Waals surface area contributed by atoms with E-state index in [0.717, 1.165) is 10.0 Å². The van der Waals surface area contributed by atoms with Gasteiger partial charge in [0.2, 0.25) is 5.91 Å². The van der Waals surface area contributed by atoms with E-state index in [1.807, 2.05) is 19.1 Å². The van der Waals surface area contributed by atoms with Gasteiger partial charge in [-0.1, -0.05) is 17.7 Å². The van der Waals surface area contributed by atoms with Crippen molar-refractivity contribution in [3.63, 3.8) is 0 Å². The SMILES string of the molecule is Cc1ccc(NC(=O)Cn2c(=O)oc3cc(Cl)ccc32)c(Br)c1. The van der Waals surface area contributed by atoms with Gasteiger partial charge in [0, 0.05) is 15.6 Å². The lowest BCUT2D eigenvalue weighted by atomic mass is 10.2. The monoisotopic (exact) mass is 394 g/mol. The summed E-state index contributed by atoms with van der Waals surface area (Å²) in [7, 11) is 0. The number of aromatic nitrogens is 1. The number of nitrogens with zero attached hydrogens (tertiary/aromatic N) is 1. The Hall–Kier alpha value is -2.05. The molecule has 23 heavy (non-hydrogen) atoms. The summed E-state index contributed by atoms with van der Waals surface area (Å²) in [5.74, 6) is -0.922. The van der Waals surface area contributed by atoms with Gasteiger partial charge in [0.05, 0.1) is 11.2 Å². The predicted molar refractivity (Wildman–Crippen MR) is 93.0 cm³/mol. The van der Waals surface area contributed by atoms with Gasteiger partial charge in [-0.2, -0.15) is 0 Å². The molecule has 3 aromatic rings. The molecule has 0 aliphatic heterocycles. The van der Waals surface area contributed by atoms with Crippen LogP contribution < -0.4 is 11.1 Å². The molecule has 1 N–H and O–H groups in total. The predicted octanol–water partition coefficient (Wildman–Crippen LogP) is 3.96. The molecule has 1 aromatic heterocycles. The van der Waals surface area contributed by atoms with Gasteiger partial charge < -0.3 is 9.73 Å². The lowest BCUT2D eigenvalue weighted by Gasteiger charge is -2.08. The van der Waals surface area contributed by atoms with E-state index in [1.165, 1.54) is 4.57 Å². The van der Waals surface area contributed by atoms with Crippen molar-refractivity contribution in [1.29, 1.82) is 0 Å². The van der Waals surface area contributed by atoms with Crippen LogP contribution in [-0.4, -0.2) is 10.5 Å². The van der Waals surface area contributed by atoms with Gasteiger partial charge in [0.15, 0.2) is 5.58 Å². The van der Waals surface area contributed by atoms with Crippen LogP contribution in [0, 0.1) is 6.92 Å². The van der Waals surface area contributed by atoms with Crippen LogP contribution in [0.15, 0.2) is 50.1 Å². The van der Waals surface area contributed by atoms with Crippen molar-refractivity contribution in [3.05, 3.63) is 62.0 Å². The zero-order valence-corrected chi connectivity index (χ0v) is 14.4. The van der Waals surface area contributed by atoms with Gasteiger partial charge in [0.1, 0.15) is 6.54 Å². The summed E-state index contributed by atoms with van der Waals surface area (Å²) in [5.41, 5.74) is 2.60. The zero-order chi connectivity index (χ0) is 16.6. The van der Waals surface area contributed by atoms with Crippen LogP contribution in [0.25, 0.3) is 11.1 Å². The Morgan fingerprint density at radius 1 is 1.30 bits per heavy atom. The second kappa shape index (κ2) is 6.22. The van der Waals surface area contributed by atoms with Gasteiger partial charge >= 0.3 is 5.76 Å². The fourth-order valence-electron chi connectivity index (χ4n) is 2.24. The highest BCUT2D eigenvalue weighted by Crippen LogP contribution is 2.23. The fourth-order valence-corrected chi connectivity index (χ4v) is 3.00. The molecule has 0 atom stereocenters. The Morgan fingerprint density at radius 3 is 2.83 bits per heavy atom. The van der Waals surface area contributed by atoms with Gasteiger partial charge in [-0.3, -0.25) is 9.36 Å². The van der Waals surface area contributed by atoms with Gasteiger partial charge in [-0.05, 0) is 52.7 Å². The van der Waals surface area contributed by atoms with Gasteiger partial charge in [-0.25, -0.2) is 4.79 Å². The van der Waals surface area contributed by atoms with E-state index >= 15 is 0 Å². The Bertz CT molecular complexity index is 962. The number of rotatable bonds is 3. The molecule has 5 nitrogen and oxygen atoms in total. The first-order chi connectivity index (χ1) is 10.9. The second-order valence-electron chi connectivity index (χ2n) is 5.10. The van der Waals surface area contributed by atoms with Crippen LogP contribution in [0.1, 0.15) is 5.56 Å². The Morgan fingerprint density at radius 2 is 2.09 bits per heavy atom. The number of anilines is 1. The Balaban J connectivity index is 1.86. The van der Waals surface area contributed by atoms with Crippen molar-refractivity contribution in [3.8, 4) is 0 Å². The highest BCUT2D eigenvalue weighted by Gasteiger charge is 2.14. The molecule has 0 fully saturated rings. The minimum Gasteiger partial charge on any atom is -0.408 e. The lowest BCUT2D eigenvalue weighted by molar-refractivity contribution is -0.116. The summed E-state index contributed by atoms with van der Waals surface area (Å²) in [6, 6.07) is 10.4. The van der Waals surface area contributed by atoms with E-state index in [4.69, 9.17) is 16.0 Å². The quantitative estimate of drug-likeness (QED) is 0.730. The summed E-state index contributed by atoms with van der Waals surface area (Å²) < 4.78 is 7.15. The minimum absolute atomic E-state index is 0.145. The zero-order valence-electron chi connectivity index (χ0n) is 12.1. The number of oxazole rings is 1. The largest absolute Gasteiger partial charge is 0.420 e. The summed E-state index contributed by atoms with van der Waals surface area (Å²) >= 11 is 9.27. The molecule has 0 saturated carbocycles. The number of carbonyl (C=O) groups is 1. The number of fused-ring (bicyclic) bond motifs is 1. The van der Waals surface area contributed by atoms with E-state index < -0.39 is 5.76 Å². The molecule has 0 aliphatic carbocycles. The summed E-state index contributed by atoms with van der Waals surface area (Å²) in [4.78, 5) is 24.1. The molecule has 0 spiro atoms. The Labute approximate surface area is 145 Å². The highest BCUT2D eigenvalue weighted by atomic mass is 79.9. The second-order valence-corrected chi connectivity index (χ2v) is 6.39. The number of nitrogens with one attached hydrogen (secondary N) is 1. The molecular weight excluding hydrogens is 384 g/mol. The number of benzene rings is 2. The van der Waals surface area contributed by atoms with Crippen molar-refractivity contribution >= 4 is 50.2 Å². The maximum atomic E-state index is 12.2. The molecule has 3 rings (SSSR count). The van der Waals surface area contributed by atoms with Crippen molar-refractivity contribution < 1.29 is 9.21 Å². The van der Waals surface area contributed by atoms with Crippen molar-refractivity contribution in [1.82, 2.24) is 4.57 Å². The topological polar surface area (TPSA) is 64.2 Å². The summed E-state index contributed by atoms with van der Waals surface area (Å²) in [6.07, 6.45) is 0.